The van der Waals surface area contributed by atoms with Crippen LogP contribution in [0.3, 0.4) is 0 Å². The van der Waals surface area contributed by atoms with E-state index < -0.39 is 0 Å². The van der Waals surface area contributed by atoms with Crippen LogP contribution in [0.25, 0.3) is 0 Å². The Labute approximate surface area is 110 Å². The number of allylic oxidation sites excluding steroid dienone is 6. The summed E-state index contributed by atoms with van der Waals surface area (Å²) < 4.78 is 0. The molecule has 4 nitrogen and oxygen atoms in total. The first kappa shape index (κ1) is 10.6. The molecule has 1 fully saturated rings. The van der Waals surface area contributed by atoms with Crippen molar-refractivity contribution in [2.75, 3.05) is 6.54 Å². The molecule has 1 heterocycles. The number of fused-ring (bicyclic) bond motifs is 2. The van der Waals surface area contributed by atoms with Gasteiger partial charge < -0.3 is 10.3 Å². The molecule has 1 saturated carbocycles. The molecule has 0 atom stereocenters. The first-order valence-corrected chi connectivity index (χ1v) is 6.45. The number of imidazole rings is 1. The number of nitrogens with one attached hydrogen (secondary N) is 2. The van der Waals surface area contributed by atoms with Crippen LogP contribution in [0.5, 0.6) is 0 Å². The molecule has 2 N–H and O–H groups in total. The van der Waals surface area contributed by atoms with Gasteiger partial charge in [0.2, 0.25) is 0 Å². The summed E-state index contributed by atoms with van der Waals surface area (Å²) in [4.78, 5) is 19.1. The Bertz CT molecular complexity index is 687. The molecular formula is C15H13N3O. The SMILES string of the molecule is O=C(NCCc1cnc[nH]1)C1=C2C=C3CC3=C2C=C1. The lowest BCUT2D eigenvalue weighted by atomic mass is 10.1. The van der Waals surface area contributed by atoms with Crippen molar-refractivity contribution < 1.29 is 4.79 Å². The van der Waals surface area contributed by atoms with Crippen LogP contribution in [0, 0.1) is 0 Å². The minimum atomic E-state index is 0.0134. The molecule has 1 amide bonds. The zero-order valence-corrected chi connectivity index (χ0v) is 10.4. The van der Waals surface area contributed by atoms with E-state index in [0.717, 1.165) is 29.7 Å². The van der Waals surface area contributed by atoms with E-state index in [-0.39, 0.29) is 5.91 Å². The first-order chi connectivity index (χ1) is 9.33. The first-order valence-electron chi connectivity index (χ1n) is 6.45. The average Bonchev–Trinajstić information content (AvgIpc) is 2.84. The maximum Gasteiger partial charge on any atom is 0.251 e. The van der Waals surface area contributed by atoms with Crippen molar-refractivity contribution in [1.29, 1.82) is 0 Å². The number of nitrogens with zero attached hydrogens (tertiary/aromatic N) is 1. The van der Waals surface area contributed by atoms with E-state index in [1.165, 1.54) is 16.7 Å². The second kappa shape index (κ2) is 3.82. The Morgan fingerprint density at radius 1 is 1.37 bits per heavy atom. The van der Waals surface area contributed by atoms with Gasteiger partial charge in [0.05, 0.1) is 6.33 Å². The van der Waals surface area contributed by atoms with Crippen molar-refractivity contribution >= 4 is 5.91 Å². The normalized spacial score (nSPS) is 18.6. The minimum Gasteiger partial charge on any atom is -0.352 e. The van der Waals surface area contributed by atoms with E-state index in [4.69, 9.17) is 0 Å². The summed E-state index contributed by atoms with van der Waals surface area (Å²) >= 11 is 0. The number of H-pyrrole nitrogens is 1. The molecule has 3 aliphatic carbocycles. The summed E-state index contributed by atoms with van der Waals surface area (Å²) in [6.45, 7) is 0.619. The highest BCUT2D eigenvalue weighted by atomic mass is 16.1. The summed E-state index contributed by atoms with van der Waals surface area (Å²) in [5.41, 5.74) is 7.02. The molecule has 0 unspecified atom stereocenters. The van der Waals surface area contributed by atoms with Crippen LogP contribution in [0.15, 0.2) is 58.6 Å². The van der Waals surface area contributed by atoms with Crippen molar-refractivity contribution in [2.45, 2.75) is 12.8 Å². The van der Waals surface area contributed by atoms with Crippen molar-refractivity contribution in [3.63, 3.8) is 0 Å². The number of amides is 1. The molecule has 94 valence electrons. The van der Waals surface area contributed by atoms with Crippen molar-refractivity contribution in [3.05, 3.63) is 64.3 Å². The number of aromatic amines is 1. The molecule has 0 radical (unpaired) electrons. The monoisotopic (exact) mass is 251 g/mol. The largest absolute Gasteiger partial charge is 0.352 e. The number of carbonyl (C=O) groups is 1. The zero-order valence-electron chi connectivity index (χ0n) is 10.4. The maximum atomic E-state index is 12.1. The fourth-order valence-corrected chi connectivity index (χ4v) is 2.66. The number of hydrogen-bond acceptors (Lipinski definition) is 2. The fourth-order valence-electron chi connectivity index (χ4n) is 2.66. The van der Waals surface area contributed by atoms with Crippen LogP contribution in [0.2, 0.25) is 0 Å². The van der Waals surface area contributed by atoms with E-state index in [0.29, 0.717) is 6.54 Å². The quantitative estimate of drug-likeness (QED) is 0.853. The molecule has 0 aliphatic heterocycles. The molecule has 1 aromatic heterocycles. The van der Waals surface area contributed by atoms with Gasteiger partial charge in [0.15, 0.2) is 0 Å². The zero-order chi connectivity index (χ0) is 12.8. The summed E-state index contributed by atoms with van der Waals surface area (Å²) in [5.74, 6) is 0.0134. The van der Waals surface area contributed by atoms with Gasteiger partial charge in [-0.25, -0.2) is 4.98 Å². The van der Waals surface area contributed by atoms with Crippen molar-refractivity contribution in [1.82, 2.24) is 15.3 Å². The number of hydrogen-bond donors (Lipinski definition) is 2. The summed E-state index contributed by atoms with van der Waals surface area (Å²) in [7, 11) is 0. The minimum absolute atomic E-state index is 0.0134. The molecule has 0 aromatic carbocycles. The van der Waals surface area contributed by atoms with Gasteiger partial charge in [-0.15, -0.1) is 0 Å². The van der Waals surface area contributed by atoms with Gasteiger partial charge in [-0.1, -0.05) is 6.08 Å². The van der Waals surface area contributed by atoms with Gasteiger partial charge in [0.25, 0.3) is 5.91 Å². The molecule has 1 aromatic rings. The Hall–Kier alpha value is -2.36. The van der Waals surface area contributed by atoms with Crippen LogP contribution < -0.4 is 5.32 Å². The lowest BCUT2D eigenvalue weighted by Gasteiger charge is -2.05. The van der Waals surface area contributed by atoms with E-state index in [9.17, 15) is 4.79 Å². The predicted molar refractivity (Wildman–Crippen MR) is 71.2 cm³/mol. The highest BCUT2D eigenvalue weighted by Gasteiger charge is 2.35. The van der Waals surface area contributed by atoms with Gasteiger partial charge >= 0.3 is 0 Å². The van der Waals surface area contributed by atoms with E-state index in [2.05, 4.69) is 27.4 Å². The molecule has 0 spiro atoms. The van der Waals surface area contributed by atoms with Crippen LogP contribution in [-0.4, -0.2) is 22.4 Å². The predicted octanol–water partition coefficient (Wildman–Crippen LogP) is 1.58. The molecular weight excluding hydrogens is 238 g/mol. The Kier molecular flexibility index (Phi) is 2.12. The van der Waals surface area contributed by atoms with Crippen LogP contribution >= 0.6 is 0 Å². The Morgan fingerprint density at radius 3 is 3.16 bits per heavy atom. The van der Waals surface area contributed by atoms with Gasteiger partial charge in [-0.2, -0.15) is 0 Å². The molecule has 4 heteroatoms. The smallest absolute Gasteiger partial charge is 0.251 e. The van der Waals surface area contributed by atoms with E-state index in [1.54, 1.807) is 12.5 Å². The van der Waals surface area contributed by atoms with E-state index >= 15 is 0 Å². The Morgan fingerprint density at radius 2 is 2.32 bits per heavy atom. The topological polar surface area (TPSA) is 57.8 Å². The molecule has 19 heavy (non-hydrogen) atoms. The third-order valence-corrected chi connectivity index (χ3v) is 3.75. The highest BCUT2D eigenvalue weighted by molar-refractivity contribution is 6.01. The van der Waals surface area contributed by atoms with Crippen LogP contribution in [0.1, 0.15) is 12.1 Å². The maximum absolute atomic E-state index is 12.1. The van der Waals surface area contributed by atoms with Crippen molar-refractivity contribution in [2.24, 2.45) is 0 Å². The van der Waals surface area contributed by atoms with E-state index in [1.807, 2.05) is 6.08 Å². The highest BCUT2D eigenvalue weighted by Crippen LogP contribution is 2.51. The summed E-state index contributed by atoms with van der Waals surface area (Å²) in [5, 5.41) is 2.96. The third-order valence-electron chi connectivity index (χ3n) is 3.75. The fraction of sp³-hybridized carbons (Fsp3) is 0.200. The second-order valence-electron chi connectivity index (χ2n) is 4.98. The Balaban J connectivity index is 1.42. The molecule has 4 rings (SSSR count). The second-order valence-corrected chi connectivity index (χ2v) is 4.98. The van der Waals surface area contributed by atoms with Gasteiger partial charge in [0, 0.05) is 30.4 Å². The number of aromatic nitrogens is 2. The average molecular weight is 251 g/mol. The van der Waals surface area contributed by atoms with Gasteiger partial charge in [0.1, 0.15) is 0 Å². The summed E-state index contributed by atoms with van der Waals surface area (Å²) in [6, 6.07) is 0. The number of rotatable bonds is 4. The summed E-state index contributed by atoms with van der Waals surface area (Å²) in [6.07, 6.45) is 11.4. The lowest BCUT2D eigenvalue weighted by molar-refractivity contribution is -0.117. The van der Waals surface area contributed by atoms with Gasteiger partial charge in [-0.3, -0.25) is 4.79 Å². The standard InChI is InChI=1S/C15H13N3O/c19-15(17-4-3-10-7-16-8-18-10)12-2-1-11-13-5-9(13)6-14(11)12/h1-2,6-8H,3-5H2,(H,16,18)(H,17,19). The lowest BCUT2D eigenvalue weighted by Crippen LogP contribution is -2.26. The van der Waals surface area contributed by atoms with Gasteiger partial charge in [-0.05, 0) is 40.9 Å². The van der Waals surface area contributed by atoms with Crippen LogP contribution in [0.4, 0.5) is 0 Å². The van der Waals surface area contributed by atoms with Crippen LogP contribution in [-0.2, 0) is 11.2 Å². The number of carbonyl (C=O) groups excluding carboxylic acids is 1. The molecule has 3 aliphatic rings. The molecule has 0 bridgehead atoms. The van der Waals surface area contributed by atoms with Crippen molar-refractivity contribution in [3.8, 4) is 0 Å². The third kappa shape index (κ3) is 1.68. The molecule has 0 saturated heterocycles.